The maximum Gasteiger partial charge on any atom is 0.312 e. The van der Waals surface area contributed by atoms with E-state index in [0.29, 0.717) is 5.41 Å². The van der Waals surface area contributed by atoms with Crippen LogP contribution in [0.15, 0.2) is 12.2 Å². The predicted octanol–water partition coefficient (Wildman–Crippen LogP) is 3.08. The van der Waals surface area contributed by atoms with E-state index in [1.54, 1.807) is 7.11 Å². The standard InChI is InChI=1S/C14H20O2/c1-12-8-9-13(11(15)16-2)6-4-3-5-7-14(12,13)10-12/h3,5H,4,6-10H2,1-2H3/t12-,13+,14+/m1/s1. The topological polar surface area (TPSA) is 26.3 Å². The van der Waals surface area contributed by atoms with Gasteiger partial charge in [0.25, 0.3) is 0 Å². The van der Waals surface area contributed by atoms with E-state index in [1.165, 1.54) is 12.8 Å². The molecule has 3 rings (SSSR count). The van der Waals surface area contributed by atoms with Gasteiger partial charge in [-0.2, -0.15) is 0 Å². The molecule has 0 saturated heterocycles. The molecule has 0 N–H and O–H groups in total. The minimum Gasteiger partial charge on any atom is -0.469 e. The molecule has 2 heteroatoms. The summed E-state index contributed by atoms with van der Waals surface area (Å²) in [6.45, 7) is 2.36. The van der Waals surface area contributed by atoms with Crippen molar-refractivity contribution in [2.24, 2.45) is 16.2 Å². The molecule has 0 aromatic heterocycles. The molecule has 88 valence electrons. The number of hydrogen-bond acceptors (Lipinski definition) is 2. The molecule has 2 nitrogen and oxygen atoms in total. The van der Waals surface area contributed by atoms with E-state index in [1.807, 2.05) is 0 Å². The van der Waals surface area contributed by atoms with E-state index in [-0.39, 0.29) is 16.8 Å². The van der Waals surface area contributed by atoms with Gasteiger partial charge in [0, 0.05) is 0 Å². The summed E-state index contributed by atoms with van der Waals surface area (Å²) in [5, 5.41) is 0. The molecule has 0 aliphatic heterocycles. The average Bonchev–Trinajstić information content (AvgIpc) is 2.89. The third-order valence-electron chi connectivity index (χ3n) is 5.69. The number of methoxy groups -OCH3 is 1. The Hall–Kier alpha value is -0.790. The summed E-state index contributed by atoms with van der Waals surface area (Å²) < 4.78 is 5.12. The lowest BCUT2D eigenvalue weighted by Gasteiger charge is -2.34. The second-order valence-corrected chi connectivity index (χ2v) is 6.11. The lowest BCUT2D eigenvalue weighted by molar-refractivity contribution is -0.157. The third kappa shape index (κ3) is 0.922. The summed E-state index contributed by atoms with van der Waals surface area (Å²) in [5.41, 5.74) is 0.482. The zero-order chi connectivity index (χ0) is 11.4. The van der Waals surface area contributed by atoms with E-state index in [0.717, 1.165) is 25.7 Å². The minimum absolute atomic E-state index is 0.0532. The van der Waals surface area contributed by atoms with Crippen LogP contribution in [0.3, 0.4) is 0 Å². The summed E-state index contributed by atoms with van der Waals surface area (Å²) in [6.07, 6.45) is 11.1. The number of rotatable bonds is 1. The predicted molar refractivity (Wildman–Crippen MR) is 61.8 cm³/mol. The fourth-order valence-corrected chi connectivity index (χ4v) is 4.63. The quantitative estimate of drug-likeness (QED) is 0.501. The van der Waals surface area contributed by atoms with Gasteiger partial charge in [-0.15, -0.1) is 0 Å². The smallest absolute Gasteiger partial charge is 0.312 e. The second kappa shape index (κ2) is 2.91. The van der Waals surface area contributed by atoms with E-state index in [4.69, 9.17) is 4.74 Å². The molecule has 0 aromatic rings. The first kappa shape index (κ1) is 10.4. The van der Waals surface area contributed by atoms with Crippen molar-refractivity contribution in [1.82, 2.24) is 0 Å². The molecule has 2 fully saturated rings. The van der Waals surface area contributed by atoms with E-state index in [9.17, 15) is 4.79 Å². The van der Waals surface area contributed by atoms with Gasteiger partial charge in [-0.1, -0.05) is 19.1 Å². The number of hydrogen-bond donors (Lipinski definition) is 0. The Morgan fingerprint density at radius 3 is 2.75 bits per heavy atom. The maximum atomic E-state index is 12.2. The van der Waals surface area contributed by atoms with Gasteiger partial charge in [-0.25, -0.2) is 0 Å². The Bertz CT molecular complexity index is 373. The average molecular weight is 220 g/mol. The summed E-state index contributed by atoms with van der Waals surface area (Å²) >= 11 is 0. The Labute approximate surface area is 97.1 Å². The van der Waals surface area contributed by atoms with Gasteiger partial charge in [0.2, 0.25) is 0 Å². The van der Waals surface area contributed by atoms with Crippen molar-refractivity contribution >= 4 is 5.97 Å². The molecular formula is C14H20O2. The van der Waals surface area contributed by atoms with E-state index >= 15 is 0 Å². The van der Waals surface area contributed by atoms with Gasteiger partial charge in [0.15, 0.2) is 0 Å². The highest BCUT2D eigenvalue weighted by molar-refractivity contribution is 5.80. The molecule has 2 saturated carbocycles. The number of ether oxygens (including phenoxy) is 1. The minimum atomic E-state index is -0.167. The number of carbonyl (C=O) groups excluding carboxylic acids is 1. The molecule has 3 aliphatic carbocycles. The second-order valence-electron chi connectivity index (χ2n) is 6.11. The SMILES string of the molecule is COC(=O)[C@@]12CCC=CC[C@@]13C[C@@]3(C)CC2. The van der Waals surface area contributed by atoms with Gasteiger partial charge in [-0.05, 0) is 49.4 Å². The van der Waals surface area contributed by atoms with Gasteiger partial charge in [0.05, 0.1) is 12.5 Å². The largest absolute Gasteiger partial charge is 0.469 e. The zero-order valence-electron chi connectivity index (χ0n) is 10.2. The lowest BCUT2D eigenvalue weighted by Crippen LogP contribution is -2.39. The molecule has 0 aromatic carbocycles. The fraction of sp³-hybridized carbons (Fsp3) is 0.786. The molecule has 1 spiro atoms. The molecule has 0 amide bonds. The molecule has 3 atom stereocenters. The highest BCUT2D eigenvalue weighted by Crippen LogP contribution is 2.83. The molecule has 3 aliphatic rings. The van der Waals surface area contributed by atoms with Gasteiger partial charge >= 0.3 is 5.97 Å². The Kier molecular flexibility index (Phi) is 1.88. The molecule has 0 heterocycles. The van der Waals surface area contributed by atoms with Crippen LogP contribution in [-0.4, -0.2) is 13.1 Å². The van der Waals surface area contributed by atoms with Crippen LogP contribution >= 0.6 is 0 Å². The maximum absolute atomic E-state index is 12.2. The molecular weight excluding hydrogens is 200 g/mol. The van der Waals surface area contributed by atoms with Crippen LogP contribution in [-0.2, 0) is 9.53 Å². The van der Waals surface area contributed by atoms with Crippen molar-refractivity contribution < 1.29 is 9.53 Å². The van der Waals surface area contributed by atoms with E-state index in [2.05, 4.69) is 19.1 Å². The van der Waals surface area contributed by atoms with Crippen LogP contribution < -0.4 is 0 Å². The van der Waals surface area contributed by atoms with Crippen molar-refractivity contribution in [1.29, 1.82) is 0 Å². The summed E-state index contributed by atoms with van der Waals surface area (Å²) in [7, 11) is 1.54. The van der Waals surface area contributed by atoms with Crippen LogP contribution in [0, 0.1) is 16.2 Å². The van der Waals surface area contributed by atoms with Crippen molar-refractivity contribution in [2.75, 3.05) is 7.11 Å². The number of carbonyl (C=O) groups is 1. The summed E-state index contributed by atoms with van der Waals surface area (Å²) in [6, 6.07) is 0. The first-order valence-electron chi connectivity index (χ1n) is 6.34. The van der Waals surface area contributed by atoms with E-state index < -0.39 is 0 Å². The number of allylic oxidation sites excluding steroid dienone is 2. The van der Waals surface area contributed by atoms with Crippen LogP contribution in [0.4, 0.5) is 0 Å². The van der Waals surface area contributed by atoms with Gasteiger partial charge in [0.1, 0.15) is 0 Å². The molecule has 0 radical (unpaired) electrons. The monoisotopic (exact) mass is 220 g/mol. The highest BCUT2D eigenvalue weighted by Gasteiger charge is 2.78. The van der Waals surface area contributed by atoms with Crippen LogP contribution in [0.5, 0.6) is 0 Å². The van der Waals surface area contributed by atoms with Crippen LogP contribution in [0.2, 0.25) is 0 Å². The normalized spacial score (nSPS) is 49.1. The van der Waals surface area contributed by atoms with Crippen molar-refractivity contribution in [3.63, 3.8) is 0 Å². The lowest BCUT2D eigenvalue weighted by atomic mass is 9.69. The Morgan fingerprint density at radius 1 is 1.25 bits per heavy atom. The Morgan fingerprint density at radius 2 is 2.06 bits per heavy atom. The van der Waals surface area contributed by atoms with Gasteiger partial charge in [-0.3, -0.25) is 4.79 Å². The first-order valence-corrected chi connectivity index (χ1v) is 6.34. The Balaban J connectivity index is 2.05. The molecule has 0 bridgehead atoms. The molecule has 0 unspecified atom stereocenters. The van der Waals surface area contributed by atoms with Crippen LogP contribution in [0.1, 0.15) is 45.4 Å². The summed E-state index contributed by atoms with van der Waals surface area (Å²) in [5.74, 6) is 0.0532. The third-order valence-corrected chi connectivity index (χ3v) is 5.69. The highest BCUT2D eigenvalue weighted by atomic mass is 16.5. The fourth-order valence-electron chi connectivity index (χ4n) is 4.63. The zero-order valence-corrected chi connectivity index (χ0v) is 10.2. The van der Waals surface area contributed by atoms with Crippen molar-refractivity contribution in [2.45, 2.75) is 45.4 Å². The molecule has 16 heavy (non-hydrogen) atoms. The summed E-state index contributed by atoms with van der Waals surface area (Å²) in [4.78, 5) is 12.2. The van der Waals surface area contributed by atoms with Gasteiger partial charge < -0.3 is 4.74 Å². The number of esters is 1. The van der Waals surface area contributed by atoms with Crippen molar-refractivity contribution in [3.8, 4) is 0 Å². The van der Waals surface area contributed by atoms with Crippen LogP contribution in [0.25, 0.3) is 0 Å². The van der Waals surface area contributed by atoms with Crippen molar-refractivity contribution in [3.05, 3.63) is 12.2 Å². The first-order chi connectivity index (χ1) is 7.60.